The first-order chi connectivity index (χ1) is 8.91. The van der Waals surface area contributed by atoms with E-state index in [1.54, 1.807) is 31.2 Å². The second kappa shape index (κ2) is 5.05. The van der Waals surface area contributed by atoms with Crippen molar-refractivity contribution in [3.05, 3.63) is 35.7 Å². The molecule has 1 aromatic heterocycles. The number of aryl methyl sites for hydroxylation is 2. The highest BCUT2D eigenvalue weighted by Gasteiger charge is 2.10. The Morgan fingerprint density at radius 2 is 1.84 bits per heavy atom. The molecule has 0 unspecified atom stereocenters. The van der Waals surface area contributed by atoms with Gasteiger partial charge in [-0.05, 0) is 45.0 Å². The summed E-state index contributed by atoms with van der Waals surface area (Å²) < 4.78 is 30.9. The van der Waals surface area contributed by atoms with Crippen LogP contribution in [0.15, 0.2) is 28.7 Å². The number of nitrogens with one attached hydrogen (secondary N) is 1. The third-order valence-corrected chi connectivity index (χ3v) is 4.12. The normalized spacial score (nSPS) is 11.5. The molecule has 2 aromatic rings. The van der Waals surface area contributed by atoms with Crippen molar-refractivity contribution in [3.63, 3.8) is 0 Å². The first-order valence-corrected chi connectivity index (χ1v) is 7.61. The SMILES string of the molecule is CCS(=O)(=O)Nc1ccc(-c2nc(C)c(C)o2)cc1. The van der Waals surface area contributed by atoms with E-state index in [4.69, 9.17) is 4.42 Å². The number of oxazole rings is 1. The van der Waals surface area contributed by atoms with Gasteiger partial charge in [0.1, 0.15) is 5.76 Å². The molecule has 19 heavy (non-hydrogen) atoms. The molecule has 0 aliphatic carbocycles. The van der Waals surface area contributed by atoms with Gasteiger partial charge in [0, 0.05) is 11.3 Å². The zero-order valence-electron chi connectivity index (χ0n) is 11.1. The van der Waals surface area contributed by atoms with Gasteiger partial charge in [0.25, 0.3) is 0 Å². The predicted molar refractivity (Wildman–Crippen MR) is 74.5 cm³/mol. The molecule has 0 atom stereocenters. The maximum absolute atomic E-state index is 11.4. The van der Waals surface area contributed by atoms with Crippen LogP contribution in [0.1, 0.15) is 18.4 Å². The van der Waals surface area contributed by atoms with Gasteiger partial charge in [-0.25, -0.2) is 13.4 Å². The highest BCUT2D eigenvalue weighted by atomic mass is 32.2. The van der Waals surface area contributed by atoms with Gasteiger partial charge in [-0.15, -0.1) is 0 Å². The third-order valence-electron chi connectivity index (χ3n) is 2.81. The zero-order valence-corrected chi connectivity index (χ0v) is 11.9. The van der Waals surface area contributed by atoms with E-state index >= 15 is 0 Å². The summed E-state index contributed by atoms with van der Waals surface area (Å²) in [5.41, 5.74) is 2.20. The van der Waals surface area contributed by atoms with Crippen molar-refractivity contribution in [3.8, 4) is 11.5 Å². The highest BCUT2D eigenvalue weighted by molar-refractivity contribution is 7.92. The summed E-state index contributed by atoms with van der Waals surface area (Å²) in [7, 11) is -3.24. The molecule has 1 aromatic carbocycles. The van der Waals surface area contributed by atoms with Crippen LogP contribution in [-0.4, -0.2) is 19.2 Å². The van der Waals surface area contributed by atoms with Gasteiger partial charge in [0.15, 0.2) is 0 Å². The molecule has 0 bridgehead atoms. The molecule has 6 heteroatoms. The van der Waals surface area contributed by atoms with Crippen molar-refractivity contribution in [2.75, 3.05) is 10.5 Å². The molecule has 1 N–H and O–H groups in total. The molecule has 0 fully saturated rings. The zero-order chi connectivity index (χ0) is 14.0. The van der Waals surface area contributed by atoms with E-state index in [9.17, 15) is 8.42 Å². The number of rotatable bonds is 4. The summed E-state index contributed by atoms with van der Waals surface area (Å²) >= 11 is 0. The molecule has 2 rings (SSSR count). The van der Waals surface area contributed by atoms with Gasteiger partial charge in [-0.2, -0.15) is 0 Å². The second-order valence-electron chi connectivity index (χ2n) is 4.24. The quantitative estimate of drug-likeness (QED) is 0.934. The Morgan fingerprint density at radius 1 is 1.21 bits per heavy atom. The number of benzene rings is 1. The second-order valence-corrected chi connectivity index (χ2v) is 6.25. The lowest BCUT2D eigenvalue weighted by Gasteiger charge is -2.05. The number of sulfonamides is 1. The van der Waals surface area contributed by atoms with Crippen molar-refractivity contribution in [2.24, 2.45) is 0 Å². The first-order valence-electron chi connectivity index (χ1n) is 5.96. The third kappa shape index (κ3) is 3.14. The van der Waals surface area contributed by atoms with Crippen LogP contribution < -0.4 is 4.72 Å². The van der Waals surface area contributed by atoms with Crippen LogP contribution in [0, 0.1) is 13.8 Å². The molecule has 0 amide bonds. The van der Waals surface area contributed by atoms with Crippen molar-refractivity contribution in [2.45, 2.75) is 20.8 Å². The maximum Gasteiger partial charge on any atom is 0.232 e. The summed E-state index contributed by atoms with van der Waals surface area (Å²) in [4.78, 5) is 4.30. The fourth-order valence-corrected chi connectivity index (χ4v) is 2.17. The topological polar surface area (TPSA) is 72.2 Å². The first kappa shape index (κ1) is 13.6. The van der Waals surface area contributed by atoms with Crippen molar-refractivity contribution in [1.82, 2.24) is 4.98 Å². The fourth-order valence-electron chi connectivity index (χ4n) is 1.53. The Bertz CT molecular complexity index is 653. The molecule has 0 aliphatic heterocycles. The Kier molecular flexibility index (Phi) is 3.61. The van der Waals surface area contributed by atoms with E-state index in [1.165, 1.54) is 0 Å². The van der Waals surface area contributed by atoms with Crippen molar-refractivity contribution >= 4 is 15.7 Å². The maximum atomic E-state index is 11.4. The van der Waals surface area contributed by atoms with Crippen LogP contribution in [0.3, 0.4) is 0 Å². The van der Waals surface area contributed by atoms with E-state index in [1.807, 2.05) is 13.8 Å². The Labute approximate surface area is 112 Å². The van der Waals surface area contributed by atoms with Gasteiger partial charge in [-0.1, -0.05) is 0 Å². The number of anilines is 1. The van der Waals surface area contributed by atoms with E-state index in [0.29, 0.717) is 11.6 Å². The molecule has 5 nitrogen and oxygen atoms in total. The minimum Gasteiger partial charge on any atom is -0.441 e. The Balaban J connectivity index is 2.24. The van der Waals surface area contributed by atoms with Gasteiger partial charge >= 0.3 is 0 Å². The average molecular weight is 280 g/mol. The minimum atomic E-state index is -3.24. The van der Waals surface area contributed by atoms with Gasteiger partial charge in [-0.3, -0.25) is 4.72 Å². The lowest BCUT2D eigenvalue weighted by Crippen LogP contribution is -2.14. The fraction of sp³-hybridized carbons (Fsp3) is 0.308. The molecular formula is C13H16N2O3S. The van der Waals surface area contributed by atoms with E-state index in [0.717, 1.165) is 17.0 Å². The van der Waals surface area contributed by atoms with Crippen LogP contribution in [-0.2, 0) is 10.0 Å². The van der Waals surface area contributed by atoms with Crippen molar-refractivity contribution in [1.29, 1.82) is 0 Å². The van der Waals surface area contributed by atoms with Crippen molar-refractivity contribution < 1.29 is 12.8 Å². The molecule has 0 radical (unpaired) electrons. The molecule has 0 saturated carbocycles. The summed E-state index contributed by atoms with van der Waals surface area (Å²) in [6.07, 6.45) is 0. The molecule has 1 heterocycles. The minimum absolute atomic E-state index is 0.0485. The Morgan fingerprint density at radius 3 is 2.32 bits per heavy atom. The smallest absolute Gasteiger partial charge is 0.232 e. The van der Waals surface area contributed by atoms with Crippen LogP contribution in [0.5, 0.6) is 0 Å². The molecule has 102 valence electrons. The van der Waals surface area contributed by atoms with E-state index < -0.39 is 10.0 Å². The summed E-state index contributed by atoms with van der Waals surface area (Å²) in [5.74, 6) is 1.37. The number of hydrogen-bond acceptors (Lipinski definition) is 4. The van der Waals surface area contributed by atoms with Crippen LogP contribution in [0.2, 0.25) is 0 Å². The lowest BCUT2D eigenvalue weighted by molar-refractivity contribution is 0.541. The van der Waals surface area contributed by atoms with E-state index in [2.05, 4.69) is 9.71 Å². The van der Waals surface area contributed by atoms with Gasteiger partial charge in [0.2, 0.25) is 15.9 Å². The Hall–Kier alpha value is -1.82. The molecule has 0 aliphatic rings. The van der Waals surface area contributed by atoms with Crippen LogP contribution >= 0.6 is 0 Å². The summed E-state index contributed by atoms with van der Waals surface area (Å²) in [6.45, 7) is 5.33. The predicted octanol–water partition coefficient (Wildman–Crippen LogP) is 2.72. The van der Waals surface area contributed by atoms with E-state index in [-0.39, 0.29) is 5.75 Å². The summed E-state index contributed by atoms with van der Waals surface area (Å²) in [6, 6.07) is 6.94. The number of aromatic nitrogens is 1. The number of nitrogens with zero attached hydrogens (tertiary/aromatic N) is 1. The van der Waals surface area contributed by atoms with Gasteiger partial charge in [0.05, 0.1) is 11.4 Å². The van der Waals surface area contributed by atoms with Gasteiger partial charge < -0.3 is 4.42 Å². The van der Waals surface area contributed by atoms with Crippen LogP contribution in [0.4, 0.5) is 5.69 Å². The summed E-state index contributed by atoms with van der Waals surface area (Å²) in [5, 5.41) is 0. The highest BCUT2D eigenvalue weighted by Crippen LogP contribution is 2.23. The monoisotopic (exact) mass is 280 g/mol. The standard InChI is InChI=1S/C13H16N2O3S/c1-4-19(16,17)15-12-7-5-11(6-8-12)13-14-9(2)10(3)18-13/h5-8,15H,4H2,1-3H3. The van der Waals surface area contributed by atoms with Crippen LogP contribution in [0.25, 0.3) is 11.5 Å². The largest absolute Gasteiger partial charge is 0.441 e. The molecular weight excluding hydrogens is 264 g/mol. The lowest BCUT2D eigenvalue weighted by atomic mass is 10.2. The molecule has 0 spiro atoms. The average Bonchev–Trinajstić information content (AvgIpc) is 2.70. The number of hydrogen-bond donors (Lipinski definition) is 1. The molecule has 0 saturated heterocycles.